The monoisotopic (exact) mass is 696 g/mol. The molecule has 0 saturated carbocycles. The number of methoxy groups -OCH3 is 3. The van der Waals surface area contributed by atoms with Crippen LogP contribution in [0.5, 0.6) is 23.0 Å². The molecule has 0 fully saturated rings. The minimum atomic E-state index is -1.99. The van der Waals surface area contributed by atoms with Gasteiger partial charge in [-0.3, -0.25) is 19.5 Å². The second kappa shape index (κ2) is 13.0. The zero-order valence-corrected chi connectivity index (χ0v) is 28.4. The normalized spacial score (nSPS) is 18.3. The molecule has 2 aliphatic rings. The van der Waals surface area contributed by atoms with Crippen LogP contribution in [0.2, 0.25) is 5.02 Å². The predicted octanol–water partition coefficient (Wildman–Crippen LogP) is 5.78. The largest absolute Gasteiger partial charge is 0.497 e. The summed E-state index contributed by atoms with van der Waals surface area (Å²) in [7, 11) is 4.39. The van der Waals surface area contributed by atoms with Crippen LogP contribution in [-0.4, -0.2) is 59.6 Å². The molecule has 50 heavy (non-hydrogen) atoms. The van der Waals surface area contributed by atoms with Gasteiger partial charge in [0.25, 0.3) is 0 Å². The number of Topliss-reactive ketones (excluding diaryl/α,β-unsaturated/α-hetero) is 2. The Morgan fingerprint density at radius 3 is 2.40 bits per heavy atom. The van der Waals surface area contributed by atoms with E-state index in [1.807, 2.05) is 30.3 Å². The molecule has 0 radical (unpaired) electrons. The maximum atomic E-state index is 14.9. The van der Waals surface area contributed by atoms with Gasteiger partial charge in [0.1, 0.15) is 51.5 Å². The van der Waals surface area contributed by atoms with Gasteiger partial charge >= 0.3 is 0 Å². The van der Waals surface area contributed by atoms with Crippen molar-refractivity contribution < 1.29 is 37.7 Å². The van der Waals surface area contributed by atoms with E-state index in [0.717, 1.165) is 5.56 Å². The highest BCUT2D eigenvalue weighted by Crippen LogP contribution is 2.54. The average molecular weight is 697 g/mol. The van der Waals surface area contributed by atoms with Gasteiger partial charge in [-0.15, -0.1) is 0 Å². The quantitative estimate of drug-likeness (QED) is 0.172. The first-order chi connectivity index (χ1) is 24.2. The summed E-state index contributed by atoms with van der Waals surface area (Å²) in [4.78, 5) is 47.6. The number of ether oxygens (including phenoxy) is 4. The SMILES string of the molecule is COc1ccc(-c2oc3c(c2CC(=O)NC(Cc2ccccc2)c2ncn[nH]2)C(=O)C2(Oc4c(Cl)c(OC)cc(OC)c4C2=O)C(C)C3)cc1. The molecule has 5 aromatic rings. The van der Waals surface area contributed by atoms with Crippen molar-refractivity contribution in [2.45, 2.75) is 37.8 Å². The highest BCUT2D eigenvalue weighted by atomic mass is 35.5. The number of H-pyrrole nitrogens is 1. The van der Waals surface area contributed by atoms with E-state index in [2.05, 4.69) is 20.5 Å². The zero-order valence-electron chi connectivity index (χ0n) is 27.7. The fraction of sp³-hybridized carbons (Fsp3) is 0.270. The molecule has 13 heteroatoms. The van der Waals surface area contributed by atoms with Gasteiger partial charge in [-0.05, 0) is 36.2 Å². The van der Waals surface area contributed by atoms with Crippen molar-refractivity contribution in [1.29, 1.82) is 0 Å². The Labute approximate surface area is 292 Å². The number of fused-ring (bicyclic) bond motifs is 2. The minimum Gasteiger partial charge on any atom is -0.497 e. The lowest BCUT2D eigenvalue weighted by Crippen LogP contribution is -2.56. The van der Waals surface area contributed by atoms with Crippen LogP contribution in [-0.2, 0) is 24.1 Å². The number of hydrogen-bond acceptors (Lipinski definition) is 10. The molecule has 0 bridgehead atoms. The van der Waals surface area contributed by atoms with Crippen molar-refractivity contribution in [2.75, 3.05) is 21.3 Å². The van der Waals surface area contributed by atoms with E-state index in [9.17, 15) is 14.4 Å². The number of halogens is 1. The van der Waals surface area contributed by atoms with Crippen LogP contribution in [0, 0.1) is 5.92 Å². The van der Waals surface area contributed by atoms with Crippen LogP contribution >= 0.6 is 11.6 Å². The van der Waals surface area contributed by atoms with E-state index >= 15 is 0 Å². The molecule has 3 heterocycles. The molecule has 3 unspecified atom stereocenters. The number of amides is 1. The van der Waals surface area contributed by atoms with E-state index in [1.165, 1.54) is 26.6 Å². The number of nitrogens with zero attached hydrogens (tertiary/aromatic N) is 2. The van der Waals surface area contributed by atoms with Crippen molar-refractivity contribution in [3.63, 3.8) is 0 Å². The van der Waals surface area contributed by atoms with Crippen molar-refractivity contribution in [3.8, 4) is 34.3 Å². The van der Waals surface area contributed by atoms with Gasteiger partial charge in [-0.2, -0.15) is 5.10 Å². The molecule has 3 atom stereocenters. The number of aromatic nitrogens is 3. The maximum absolute atomic E-state index is 14.9. The van der Waals surface area contributed by atoms with Crippen LogP contribution in [0.15, 0.2) is 71.4 Å². The van der Waals surface area contributed by atoms with Gasteiger partial charge in [0.05, 0.1) is 39.4 Å². The number of aromatic amines is 1. The van der Waals surface area contributed by atoms with E-state index in [1.54, 1.807) is 38.3 Å². The molecule has 256 valence electrons. The summed E-state index contributed by atoms with van der Waals surface area (Å²) in [5, 5.41) is 9.94. The molecule has 7 rings (SSSR count). The number of carbonyl (C=O) groups excluding carboxylic acids is 3. The molecule has 3 aromatic carbocycles. The third kappa shape index (κ3) is 5.36. The molecule has 12 nitrogen and oxygen atoms in total. The molecule has 2 N–H and O–H groups in total. The number of nitrogens with one attached hydrogen (secondary N) is 2. The first-order valence-corrected chi connectivity index (χ1v) is 16.3. The van der Waals surface area contributed by atoms with E-state index < -0.39 is 35.0 Å². The Kier molecular flexibility index (Phi) is 8.56. The van der Waals surface area contributed by atoms with Gasteiger partial charge in [0.2, 0.25) is 23.1 Å². The van der Waals surface area contributed by atoms with Crippen LogP contribution in [0.4, 0.5) is 0 Å². The summed E-state index contributed by atoms with van der Waals surface area (Å²) in [5.74, 6) is -0.145. The highest BCUT2D eigenvalue weighted by molar-refractivity contribution is 6.36. The average Bonchev–Trinajstić information content (AvgIpc) is 3.86. The lowest BCUT2D eigenvalue weighted by Gasteiger charge is -2.35. The van der Waals surface area contributed by atoms with Crippen molar-refractivity contribution in [3.05, 3.63) is 106 Å². The van der Waals surface area contributed by atoms with Crippen LogP contribution < -0.4 is 24.3 Å². The second-order valence-electron chi connectivity index (χ2n) is 12.2. The van der Waals surface area contributed by atoms with Crippen molar-refractivity contribution in [2.24, 2.45) is 5.92 Å². The van der Waals surface area contributed by atoms with E-state index in [4.69, 9.17) is 35.0 Å². The first-order valence-electron chi connectivity index (χ1n) is 15.9. The van der Waals surface area contributed by atoms with Crippen molar-refractivity contribution >= 4 is 29.1 Å². The van der Waals surface area contributed by atoms with Gasteiger partial charge in [0.15, 0.2) is 5.75 Å². The van der Waals surface area contributed by atoms with E-state index in [-0.39, 0.29) is 46.2 Å². The van der Waals surface area contributed by atoms with Gasteiger partial charge < -0.3 is 28.7 Å². The van der Waals surface area contributed by atoms with E-state index in [0.29, 0.717) is 40.6 Å². The summed E-state index contributed by atoms with van der Waals surface area (Å²) in [5.41, 5.74) is 0.0909. The summed E-state index contributed by atoms with van der Waals surface area (Å²) in [6, 6.07) is 17.7. The molecule has 0 saturated heterocycles. The third-order valence-electron chi connectivity index (χ3n) is 9.32. The fourth-order valence-electron chi connectivity index (χ4n) is 6.83. The zero-order chi connectivity index (χ0) is 35.2. The molecular formula is C37H33ClN4O8. The molecule has 1 spiro atoms. The molecule has 2 aromatic heterocycles. The number of furan rings is 1. The standard InChI is InChI=1S/C37H33ClN4O8/c1-19-14-26-29(34(44)37(19)35(45)30-25(47-3)17-27(48-4)31(38)33(30)50-37)23(32(49-26)21-10-12-22(46-2)13-11-21)16-28(43)41-24(36-39-18-40-42-36)15-20-8-6-5-7-9-20/h5-13,17-19,24H,14-16H2,1-4H3,(H,41,43)(H,39,40,42). The van der Waals surface area contributed by atoms with Crippen molar-refractivity contribution in [1.82, 2.24) is 20.5 Å². The van der Waals surface area contributed by atoms with Gasteiger partial charge in [-0.1, -0.05) is 48.9 Å². The Hall–Kier alpha value is -5.62. The molecular weight excluding hydrogens is 664 g/mol. The number of benzene rings is 3. The predicted molar refractivity (Wildman–Crippen MR) is 181 cm³/mol. The summed E-state index contributed by atoms with van der Waals surface area (Å²) >= 11 is 6.64. The van der Waals surface area contributed by atoms with Crippen LogP contribution in [0.25, 0.3) is 11.3 Å². The lowest BCUT2D eigenvalue weighted by atomic mass is 9.70. The Balaban J connectivity index is 1.31. The lowest BCUT2D eigenvalue weighted by molar-refractivity contribution is -0.121. The minimum absolute atomic E-state index is 0.00509. The number of hydrogen-bond donors (Lipinski definition) is 2. The summed E-state index contributed by atoms with van der Waals surface area (Å²) < 4.78 is 29.0. The maximum Gasteiger partial charge on any atom is 0.237 e. The number of carbonyl (C=O) groups is 3. The third-order valence-corrected chi connectivity index (χ3v) is 9.68. The number of rotatable bonds is 10. The summed E-state index contributed by atoms with van der Waals surface area (Å²) in [6.07, 6.45) is 1.72. The van der Waals surface area contributed by atoms with Gasteiger partial charge in [-0.25, -0.2) is 4.98 Å². The molecule has 1 aliphatic heterocycles. The van der Waals surface area contributed by atoms with Crippen LogP contribution in [0.1, 0.15) is 56.4 Å². The molecule has 1 amide bonds. The topological polar surface area (TPSA) is 155 Å². The Bertz CT molecular complexity index is 2100. The Morgan fingerprint density at radius 2 is 1.74 bits per heavy atom. The first kappa shape index (κ1) is 32.9. The van der Waals surface area contributed by atoms with Gasteiger partial charge in [0, 0.05) is 29.5 Å². The molecule has 1 aliphatic carbocycles. The fourth-order valence-corrected chi connectivity index (χ4v) is 7.10. The summed E-state index contributed by atoms with van der Waals surface area (Å²) in [6.45, 7) is 1.75. The Morgan fingerprint density at radius 1 is 1.02 bits per heavy atom. The second-order valence-corrected chi connectivity index (χ2v) is 12.6. The highest BCUT2D eigenvalue weighted by Gasteiger charge is 2.63. The smallest absolute Gasteiger partial charge is 0.237 e. The van der Waals surface area contributed by atoms with Crippen LogP contribution in [0.3, 0.4) is 0 Å². The number of ketones is 2.